The fraction of sp³-hybridized carbons (Fsp3) is 0.250. The van der Waals surface area contributed by atoms with Gasteiger partial charge >= 0.3 is 0 Å². The maximum absolute atomic E-state index is 13.7. The highest BCUT2D eigenvalue weighted by atomic mass is 35.5. The van der Waals surface area contributed by atoms with Crippen LogP contribution >= 0.6 is 23.7 Å². The SMILES string of the molecule is Cc1cc(C)c2sc(N(CCN(C)C)C(=O)c3cccc4ccccc34)nc2c1.Cl. The molecule has 0 N–H and O–H groups in total. The van der Waals surface area contributed by atoms with Gasteiger partial charge < -0.3 is 4.90 Å². The van der Waals surface area contributed by atoms with Gasteiger partial charge in [0.25, 0.3) is 5.91 Å². The molecule has 1 amide bonds. The molecule has 1 aromatic heterocycles. The van der Waals surface area contributed by atoms with Crippen molar-refractivity contribution in [3.63, 3.8) is 0 Å². The van der Waals surface area contributed by atoms with Gasteiger partial charge in [-0.25, -0.2) is 4.98 Å². The van der Waals surface area contributed by atoms with Crippen LogP contribution in [0.3, 0.4) is 0 Å². The van der Waals surface area contributed by atoms with Crippen LogP contribution in [0.15, 0.2) is 54.6 Å². The Kier molecular flexibility index (Phi) is 6.76. The van der Waals surface area contributed by atoms with Crippen LogP contribution in [-0.4, -0.2) is 43.0 Å². The van der Waals surface area contributed by atoms with Crippen molar-refractivity contribution >= 4 is 55.8 Å². The molecular formula is C24H26ClN3OS. The largest absolute Gasteiger partial charge is 0.308 e. The zero-order valence-electron chi connectivity index (χ0n) is 17.7. The first kappa shape index (κ1) is 22.2. The van der Waals surface area contributed by atoms with E-state index in [-0.39, 0.29) is 18.3 Å². The van der Waals surface area contributed by atoms with Gasteiger partial charge in [0.05, 0.1) is 10.2 Å². The van der Waals surface area contributed by atoms with Gasteiger partial charge in [0, 0.05) is 18.7 Å². The van der Waals surface area contributed by atoms with E-state index in [0.29, 0.717) is 12.1 Å². The van der Waals surface area contributed by atoms with Crippen molar-refractivity contribution in [3.05, 3.63) is 71.3 Å². The van der Waals surface area contributed by atoms with Crippen LogP contribution in [0.25, 0.3) is 21.0 Å². The number of anilines is 1. The number of aryl methyl sites for hydroxylation is 2. The summed E-state index contributed by atoms with van der Waals surface area (Å²) in [6.45, 7) is 5.54. The predicted molar refractivity (Wildman–Crippen MR) is 131 cm³/mol. The first-order valence-corrected chi connectivity index (χ1v) is 10.6. The number of amides is 1. The molecule has 0 saturated carbocycles. The summed E-state index contributed by atoms with van der Waals surface area (Å²) in [5.41, 5.74) is 4.07. The van der Waals surface area contributed by atoms with E-state index in [2.05, 4.69) is 30.9 Å². The minimum atomic E-state index is -0.00270. The molecule has 156 valence electrons. The average molecular weight is 440 g/mol. The maximum atomic E-state index is 13.7. The van der Waals surface area contributed by atoms with E-state index in [0.717, 1.165) is 32.7 Å². The highest BCUT2D eigenvalue weighted by Crippen LogP contribution is 2.33. The summed E-state index contributed by atoms with van der Waals surface area (Å²) in [6.07, 6.45) is 0. The quantitative estimate of drug-likeness (QED) is 0.400. The number of hydrogen-bond donors (Lipinski definition) is 0. The average Bonchev–Trinajstić information content (AvgIpc) is 3.11. The van der Waals surface area contributed by atoms with Crippen LogP contribution in [-0.2, 0) is 0 Å². The van der Waals surface area contributed by atoms with E-state index >= 15 is 0 Å². The van der Waals surface area contributed by atoms with E-state index in [4.69, 9.17) is 4.98 Å². The Bertz CT molecular complexity index is 1200. The molecule has 4 rings (SSSR count). The molecule has 0 fully saturated rings. The fourth-order valence-electron chi connectivity index (χ4n) is 3.62. The Morgan fingerprint density at radius 2 is 1.73 bits per heavy atom. The number of carbonyl (C=O) groups is 1. The van der Waals surface area contributed by atoms with Crippen LogP contribution in [0, 0.1) is 13.8 Å². The number of rotatable bonds is 5. The Labute approximate surface area is 187 Å². The van der Waals surface area contributed by atoms with Gasteiger partial charge in [-0.1, -0.05) is 53.8 Å². The molecule has 0 unspecified atom stereocenters. The topological polar surface area (TPSA) is 36.4 Å². The molecule has 0 bridgehead atoms. The summed E-state index contributed by atoms with van der Waals surface area (Å²) < 4.78 is 1.14. The second-order valence-electron chi connectivity index (χ2n) is 7.71. The van der Waals surface area contributed by atoms with Gasteiger partial charge in [0.1, 0.15) is 0 Å². The molecule has 1 heterocycles. The smallest absolute Gasteiger partial charge is 0.260 e. The van der Waals surface area contributed by atoms with E-state index < -0.39 is 0 Å². The maximum Gasteiger partial charge on any atom is 0.260 e. The molecule has 0 saturated heterocycles. The minimum Gasteiger partial charge on any atom is -0.308 e. The summed E-state index contributed by atoms with van der Waals surface area (Å²) in [5.74, 6) is -0.00270. The van der Waals surface area contributed by atoms with Crippen LogP contribution in [0.1, 0.15) is 21.5 Å². The highest BCUT2D eigenvalue weighted by Gasteiger charge is 2.23. The van der Waals surface area contributed by atoms with Crippen molar-refractivity contribution in [2.24, 2.45) is 0 Å². The minimum absolute atomic E-state index is 0. The van der Waals surface area contributed by atoms with Crippen molar-refractivity contribution in [1.82, 2.24) is 9.88 Å². The Hall–Kier alpha value is -2.47. The molecule has 0 radical (unpaired) electrons. The first-order valence-electron chi connectivity index (χ1n) is 9.76. The number of fused-ring (bicyclic) bond motifs is 2. The van der Waals surface area contributed by atoms with Crippen molar-refractivity contribution in [1.29, 1.82) is 0 Å². The van der Waals surface area contributed by atoms with Crippen molar-refractivity contribution in [2.45, 2.75) is 13.8 Å². The summed E-state index contributed by atoms with van der Waals surface area (Å²) in [7, 11) is 4.04. The molecule has 0 aliphatic rings. The molecule has 3 aromatic carbocycles. The second kappa shape index (κ2) is 9.13. The van der Waals surface area contributed by atoms with Gasteiger partial charge in [-0.05, 0) is 62.0 Å². The molecule has 0 aliphatic carbocycles. The molecule has 0 atom stereocenters. The number of benzene rings is 3. The molecule has 4 nitrogen and oxygen atoms in total. The summed E-state index contributed by atoms with van der Waals surface area (Å²) >= 11 is 1.60. The Morgan fingerprint density at radius 1 is 1.00 bits per heavy atom. The van der Waals surface area contributed by atoms with Gasteiger partial charge in [0.2, 0.25) is 0 Å². The zero-order valence-corrected chi connectivity index (χ0v) is 19.3. The summed E-state index contributed by atoms with van der Waals surface area (Å²) in [6, 6.07) is 18.2. The highest BCUT2D eigenvalue weighted by molar-refractivity contribution is 7.22. The molecule has 0 aliphatic heterocycles. The van der Waals surface area contributed by atoms with Crippen LogP contribution in [0.4, 0.5) is 5.13 Å². The third kappa shape index (κ3) is 4.33. The number of carbonyl (C=O) groups excluding carboxylic acids is 1. The molecular weight excluding hydrogens is 414 g/mol. The lowest BCUT2D eigenvalue weighted by molar-refractivity contribution is 0.0987. The lowest BCUT2D eigenvalue weighted by Gasteiger charge is -2.22. The zero-order chi connectivity index (χ0) is 20.5. The Balaban J connectivity index is 0.00000256. The first-order chi connectivity index (χ1) is 13.9. The molecule has 0 spiro atoms. The van der Waals surface area contributed by atoms with Gasteiger partial charge in [-0.2, -0.15) is 0 Å². The lowest BCUT2D eigenvalue weighted by Crippen LogP contribution is -2.36. The van der Waals surface area contributed by atoms with Crippen LogP contribution in [0.5, 0.6) is 0 Å². The van der Waals surface area contributed by atoms with E-state index in [1.165, 1.54) is 11.1 Å². The standard InChI is InChI=1S/C24H25N3OS.ClH/c1-16-14-17(2)22-21(15-16)25-24(29-22)27(13-12-26(3)4)23(28)20-11-7-9-18-8-5-6-10-19(18)20;/h5-11,14-15H,12-13H2,1-4H3;1H. The van der Waals surface area contributed by atoms with Gasteiger partial charge in [-0.3, -0.25) is 9.69 Å². The van der Waals surface area contributed by atoms with Crippen molar-refractivity contribution < 1.29 is 4.79 Å². The fourth-order valence-corrected chi connectivity index (χ4v) is 4.66. The predicted octanol–water partition coefficient (Wildman–Crippen LogP) is 5.70. The Morgan fingerprint density at radius 3 is 2.50 bits per heavy atom. The summed E-state index contributed by atoms with van der Waals surface area (Å²) in [5, 5.41) is 2.80. The number of halogens is 1. The van der Waals surface area contributed by atoms with Crippen molar-refractivity contribution in [3.8, 4) is 0 Å². The molecule has 30 heavy (non-hydrogen) atoms. The number of nitrogens with zero attached hydrogens (tertiary/aromatic N) is 3. The third-order valence-electron chi connectivity index (χ3n) is 5.08. The lowest BCUT2D eigenvalue weighted by atomic mass is 10.0. The normalized spacial score (nSPS) is 11.1. The van der Waals surface area contributed by atoms with E-state index in [9.17, 15) is 4.79 Å². The number of likely N-dealkylation sites (N-methyl/N-ethyl adjacent to an activating group) is 1. The van der Waals surface area contributed by atoms with E-state index in [1.807, 2.05) is 61.5 Å². The molecule has 6 heteroatoms. The number of thiazole rings is 1. The van der Waals surface area contributed by atoms with Gasteiger partial charge in [-0.15, -0.1) is 12.4 Å². The van der Waals surface area contributed by atoms with Crippen molar-refractivity contribution in [2.75, 3.05) is 32.1 Å². The van der Waals surface area contributed by atoms with E-state index in [1.54, 1.807) is 11.3 Å². The number of hydrogen-bond acceptors (Lipinski definition) is 4. The van der Waals surface area contributed by atoms with Crippen LogP contribution < -0.4 is 4.90 Å². The third-order valence-corrected chi connectivity index (χ3v) is 6.31. The second-order valence-corrected chi connectivity index (χ2v) is 8.69. The molecule has 4 aromatic rings. The monoisotopic (exact) mass is 439 g/mol. The summed E-state index contributed by atoms with van der Waals surface area (Å²) in [4.78, 5) is 22.4. The number of aromatic nitrogens is 1. The van der Waals surface area contributed by atoms with Gasteiger partial charge in [0.15, 0.2) is 5.13 Å². The van der Waals surface area contributed by atoms with Crippen LogP contribution in [0.2, 0.25) is 0 Å².